The van der Waals surface area contributed by atoms with Gasteiger partial charge in [0.05, 0.1) is 28.5 Å². The fourth-order valence-corrected chi connectivity index (χ4v) is 5.92. The molecule has 1 aliphatic heterocycles. The zero-order valence-corrected chi connectivity index (χ0v) is 22.3. The van der Waals surface area contributed by atoms with Crippen molar-refractivity contribution in [1.29, 1.82) is 0 Å². The summed E-state index contributed by atoms with van der Waals surface area (Å²) in [6.07, 6.45) is 12.0. The zero-order chi connectivity index (χ0) is 27.2. The lowest BCUT2D eigenvalue weighted by Gasteiger charge is -2.18. The van der Waals surface area contributed by atoms with Crippen molar-refractivity contribution in [2.24, 2.45) is 0 Å². The van der Waals surface area contributed by atoms with Crippen molar-refractivity contribution in [1.82, 2.24) is 19.9 Å². The second-order valence-electron chi connectivity index (χ2n) is 10.4. The van der Waals surface area contributed by atoms with E-state index in [-0.39, 0.29) is 6.04 Å². The smallest absolute Gasteiger partial charge is 0.0869 e. The summed E-state index contributed by atoms with van der Waals surface area (Å²) in [4.78, 5) is 9.56. The molecule has 194 valence electrons. The number of hydrogen-bond acceptors (Lipinski definition) is 3. The number of para-hydroxylation sites is 1. The Labute approximate surface area is 237 Å². The van der Waals surface area contributed by atoms with E-state index in [1.165, 1.54) is 21.7 Å². The van der Waals surface area contributed by atoms with Crippen molar-refractivity contribution in [3.8, 4) is 28.1 Å². The molecule has 0 spiro atoms. The van der Waals surface area contributed by atoms with E-state index in [0.717, 1.165) is 44.7 Å². The molecule has 41 heavy (non-hydrogen) atoms. The van der Waals surface area contributed by atoms with Crippen LogP contribution < -0.4 is 5.32 Å². The van der Waals surface area contributed by atoms with Gasteiger partial charge in [0.1, 0.15) is 0 Å². The molecule has 0 amide bonds. The third kappa shape index (κ3) is 4.09. The second kappa shape index (κ2) is 9.61. The Morgan fingerprint density at radius 3 is 2.44 bits per heavy atom. The lowest BCUT2D eigenvalue weighted by atomic mass is 9.98. The zero-order valence-electron chi connectivity index (χ0n) is 22.3. The molecular formula is C37H26N4. The van der Waals surface area contributed by atoms with Crippen LogP contribution in [0, 0.1) is 0 Å². The Morgan fingerprint density at radius 1 is 0.634 bits per heavy atom. The van der Waals surface area contributed by atoms with Gasteiger partial charge in [-0.1, -0.05) is 78.9 Å². The minimum absolute atomic E-state index is 0.00664. The van der Waals surface area contributed by atoms with Crippen LogP contribution in [0.4, 0.5) is 0 Å². The third-order valence-corrected chi connectivity index (χ3v) is 7.91. The van der Waals surface area contributed by atoms with Gasteiger partial charge in [-0.15, -0.1) is 0 Å². The summed E-state index contributed by atoms with van der Waals surface area (Å²) in [6, 6.07) is 38.9. The molecule has 0 saturated heterocycles. The molecule has 0 bridgehead atoms. The van der Waals surface area contributed by atoms with E-state index in [1.54, 1.807) is 0 Å². The van der Waals surface area contributed by atoms with E-state index in [1.807, 2.05) is 24.7 Å². The molecule has 1 aliphatic rings. The topological polar surface area (TPSA) is 42.7 Å². The van der Waals surface area contributed by atoms with Gasteiger partial charge in [0.25, 0.3) is 0 Å². The van der Waals surface area contributed by atoms with Crippen LogP contribution >= 0.6 is 0 Å². The number of nitrogens with zero attached hydrogens (tertiary/aromatic N) is 3. The van der Waals surface area contributed by atoms with E-state index >= 15 is 0 Å². The van der Waals surface area contributed by atoms with Gasteiger partial charge in [0.2, 0.25) is 0 Å². The van der Waals surface area contributed by atoms with Crippen LogP contribution in [0.2, 0.25) is 0 Å². The van der Waals surface area contributed by atoms with E-state index in [9.17, 15) is 0 Å². The van der Waals surface area contributed by atoms with E-state index in [0.29, 0.717) is 0 Å². The average molecular weight is 527 g/mol. The Hall–Kier alpha value is -5.48. The molecule has 4 heteroatoms. The van der Waals surface area contributed by atoms with Crippen molar-refractivity contribution in [3.63, 3.8) is 0 Å². The minimum Gasteiger partial charge on any atom is -0.379 e. The van der Waals surface area contributed by atoms with E-state index in [4.69, 9.17) is 4.98 Å². The summed E-state index contributed by atoms with van der Waals surface area (Å²) in [6.45, 7) is 0. The van der Waals surface area contributed by atoms with E-state index < -0.39 is 0 Å². The molecule has 0 fully saturated rings. The number of aromatic nitrogens is 3. The largest absolute Gasteiger partial charge is 0.379 e. The SMILES string of the molecule is C1=CNC(c2cc(-c3cccc(-n4c5ccccc5c5cnccc54)c3)cc(-c3ccc4ccccc4c3)n2)C=C1. The second-order valence-corrected chi connectivity index (χ2v) is 10.4. The summed E-state index contributed by atoms with van der Waals surface area (Å²) < 4.78 is 2.33. The van der Waals surface area contributed by atoms with Crippen LogP contribution in [0.3, 0.4) is 0 Å². The lowest BCUT2D eigenvalue weighted by Crippen LogP contribution is -2.16. The summed E-state index contributed by atoms with van der Waals surface area (Å²) in [7, 11) is 0. The minimum atomic E-state index is 0.00664. The number of benzene rings is 4. The Kier molecular flexibility index (Phi) is 5.49. The van der Waals surface area contributed by atoms with Crippen LogP contribution in [0.15, 0.2) is 146 Å². The van der Waals surface area contributed by atoms with Crippen molar-refractivity contribution >= 4 is 32.6 Å². The van der Waals surface area contributed by atoms with Crippen LogP contribution in [-0.4, -0.2) is 14.5 Å². The molecule has 1 atom stereocenters. The summed E-state index contributed by atoms with van der Waals surface area (Å²) in [5.74, 6) is 0. The van der Waals surface area contributed by atoms with Gasteiger partial charge in [0.15, 0.2) is 0 Å². The first-order chi connectivity index (χ1) is 20.3. The van der Waals surface area contributed by atoms with Crippen LogP contribution in [0.5, 0.6) is 0 Å². The quantitative estimate of drug-likeness (QED) is 0.249. The summed E-state index contributed by atoms with van der Waals surface area (Å²) in [5.41, 5.74) is 8.76. The van der Waals surface area contributed by atoms with Crippen molar-refractivity contribution in [2.75, 3.05) is 0 Å². The molecule has 4 nitrogen and oxygen atoms in total. The number of dihydropyridines is 1. The molecule has 3 aromatic heterocycles. The van der Waals surface area contributed by atoms with Gasteiger partial charge in [-0.25, -0.2) is 0 Å². The highest BCUT2D eigenvalue weighted by molar-refractivity contribution is 6.08. The fraction of sp³-hybridized carbons (Fsp3) is 0.0270. The molecule has 4 aromatic carbocycles. The van der Waals surface area contributed by atoms with Crippen LogP contribution in [0.25, 0.3) is 60.6 Å². The standard InChI is InChI=1S/C37H26N4/c1-2-9-26-20-28(16-15-25(26)8-1)34-22-29(23-35(40-34)33-13-5-6-18-39-33)27-10-7-11-30(21-27)41-36-14-4-3-12-31(36)32-24-38-19-17-37(32)41/h1-24,33,39H. The maximum absolute atomic E-state index is 5.15. The highest BCUT2D eigenvalue weighted by Gasteiger charge is 2.16. The van der Waals surface area contributed by atoms with Gasteiger partial charge in [0, 0.05) is 34.4 Å². The predicted octanol–water partition coefficient (Wildman–Crippen LogP) is 8.78. The first kappa shape index (κ1) is 23.4. The van der Waals surface area contributed by atoms with Crippen molar-refractivity contribution in [3.05, 3.63) is 152 Å². The van der Waals surface area contributed by atoms with Gasteiger partial charge in [-0.3, -0.25) is 9.97 Å². The Morgan fingerprint density at radius 2 is 1.51 bits per heavy atom. The van der Waals surface area contributed by atoms with Gasteiger partial charge in [-0.05, 0) is 76.6 Å². The Balaban J connectivity index is 1.31. The average Bonchev–Trinajstić information content (AvgIpc) is 3.39. The molecule has 1 unspecified atom stereocenters. The van der Waals surface area contributed by atoms with Gasteiger partial charge >= 0.3 is 0 Å². The Bertz CT molecular complexity index is 2100. The number of pyridine rings is 2. The molecule has 0 radical (unpaired) electrons. The van der Waals surface area contributed by atoms with Crippen molar-refractivity contribution < 1.29 is 0 Å². The predicted molar refractivity (Wildman–Crippen MR) is 169 cm³/mol. The van der Waals surface area contributed by atoms with Gasteiger partial charge < -0.3 is 9.88 Å². The first-order valence-corrected chi connectivity index (χ1v) is 13.9. The maximum Gasteiger partial charge on any atom is 0.0869 e. The summed E-state index contributed by atoms with van der Waals surface area (Å²) >= 11 is 0. The first-order valence-electron chi connectivity index (χ1n) is 13.9. The van der Waals surface area contributed by atoms with Crippen LogP contribution in [-0.2, 0) is 0 Å². The molecular weight excluding hydrogens is 500 g/mol. The fourth-order valence-electron chi connectivity index (χ4n) is 5.92. The lowest BCUT2D eigenvalue weighted by molar-refractivity contribution is 0.722. The van der Waals surface area contributed by atoms with E-state index in [2.05, 4.69) is 136 Å². The maximum atomic E-state index is 5.15. The summed E-state index contributed by atoms with van der Waals surface area (Å²) in [5, 5.41) is 8.25. The highest BCUT2D eigenvalue weighted by atomic mass is 15.0. The number of nitrogens with one attached hydrogen (secondary N) is 1. The highest BCUT2D eigenvalue weighted by Crippen LogP contribution is 2.35. The monoisotopic (exact) mass is 526 g/mol. The molecule has 8 rings (SSSR count). The molecule has 0 saturated carbocycles. The number of fused-ring (bicyclic) bond motifs is 4. The van der Waals surface area contributed by atoms with Gasteiger partial charge in [-0.2, -0.15) is 0 Å². The number of hydrogen-bond donors (Lipinski definition) is 1. The molecule has 1 N–H and O–H groups in total. The number of allylic oxidation sites excluding steroid dienone is 2. The molecule has 4 heterocycles. The third-order valence-electron chi connectivity index (χ3n) is 7.91. The normalized spacial score (nSPS) is 14.6. The van der Waals surface area contributed by atoms with Crippen LogP contribution in [0.1, 0.15) is 11.7 Å². The molecule has 0 aliphatic carbocycles. The van der Waals surface area contributed by atoms with Crippen molar-refractivity contribution in [2.45, 2.75) is 6.04 Å². The molecule has 7 aromatic rings. The number of rotatable bonds is 4.